The highest BCUT2D eigenvalue weighted by molar-refractivity contribution is 5.98. The minimum absolute atomic E-state index is 0.128. The van der Waals surface area contributed by atoms with Crippen molar-refractivity contribution in [2.24, 2.45) is 16.9 Å². The van der Waals surface area contributed by atoms with Crippen LogP contribution in [0.2, 0.25) is 0 Å². The summed E-state index contributed by atoms with van der Waals surface area (Å²) in [7, 11) is 0. The number of carbonyl (C=O) groups excluding carboxylic acids is 2. The maximum atomic E-state index is 12.6. The molecule has 0 radical (unpaired) electrons. The SMILES string of the molecule is CC(C)COc1ccc(/C=N/NC(=O)C(NC(=O)c2ccc3c(c2)OCO3)C(C)C)cc1. The van der Waals surface area contributed by atoms with E-state index in [1.54, 1.807) is 24.4 Å². The second kappa shape index (κ2) is 10.7. The van der Waals surface area contributed by atoms with Crippen molar-refractivity contribution in [3.8, 4) is 17.2 Å². The van der Waals surface area contributed by atoms with E-state index < -0.39 is 11.9 Å². The van der Waals surface area contributed by atoms with Gasteiger partial charge in [-0.15, -0.1) is 0 Å². The summed E-state index contributed by atoms with van der Waals surface area (Å²) in [5.74, 6) is 1.42. The van der Waals surface area contributed by atoms with Crippen molar-refractivity contribution >= 4 is 18.0 Å². The van der Waals surface area contributed by atoms with Gasteiger partial charge in [-0.1, -0.05) is 27.7 Å². The van der Waals surface area contributed by atoms with Crippen LogP contribution in [0, 0.1) is 11.8 Å². The molecule has 2 aromatic carbocycles. The third kappa shape index (κ3) is 6.23. The van der Waals surface area contributed by atoms with Gasteiger partial charge in [-0.25, -0.2) is 5.43 Å². The van der Waals surface area contributed by atoms with Gasteiger partial charge in [0.25, 0.3) is 11.8 Å². The summed E-state index contributed by atoms with van der Waals surface area (Å²) in [5, 5.41) is 6.79. The lowest BCUT2D eigenvalue weighted by Gasteiger charge is -2.20. The van der Waals surface area contributed by atoms with Crippen LogP contribution < -0.4 is 25.0 Å². The molecule has 0 bridgehead atoms. The van der Waals surface area contributed by atoms with E-state index in [0.717, 1.165) is 11.3 Å². The Bertz CT molecular complexity index is 970. The molecule has 170 valence electrons. The molecule has 1 unspecified atom stereocenters. The molecule has 1 aliphatic heterocycles. The van der Waals surface area contributed by atoms with Gasteiger partial charge in [0, 0.05) is 5.56 Å². The van der Waals surface area contributed by atoms with Crippen molar-refractivity contribution in [3.05, 3.63) is 53.6 Å². The van der Waals surface area contributed by atoms with Crippen LogP contribution >= 0.6 is 0 Å². The Balaban J connectivity index is 1.56. The molecule has 0 aromatic heterocycles. The molecule has 3 rings (SSSR count). The molecule has 8 nitrogen and oxygen atoms in total. The fraction of sp³-hybridized carbons (Fsp3) is 0.375. The second-order valence-electron chi connectivity index (χ2n) is 8.27. The zero-order valence-electron chi connectivity index (χ0n) is 18.8. The molecule has 1 atom stereocenters. The molecule has 2 amide bonds. The van der Waals surface area contributed by atoms with E-state index in [4.69, 9.17) is 14.2 Å². The Labute approximate surface area is 187 Å². The number of fused-ring (bicyclic) bond motifs is 1. The lowest BCUT2D eigenvalue weighted by atomic mass is 10.0. The molecule has 1 heterocycles. The highest BCUT2D eigenvalue weighted by Crippen LogP contribution is 2.32. The van der Waals surface area contributed by atoms with Gasteiger partial charge < -0.3 is 19.5 Å². The third-order valence-electron chi connectivity index (χ3n) is 4.72. The Morgan fingerprint density at radius 3 is 2.47 bits per heavy atom. The summed E-state index contributed by atoms with van der Waals surface area (Å²) in [4.78, 5) is 25.3. The van der Waals surface area contributed by atoms with Gasteiger partial charge in [0.15, 0.2) is 11.5 Å². The smallest absolute Gasteiger partial charge is 0.262 e. The average Bonchev–Trinajstić information content (AvgIpc) is 3.24. The van der Waals surface area contributed by atoms with E-state index in [-0.39, 0.29) is 18.6 Å². The predicted octanol–water partition coefficient (Wildman–Crippen LogP) is 3.35. The number of amides is 2. The number of hydrazone groups is 1. The first-order valence-electron chi connectivity index (χ1n) is 10.6. The van der Waals surface area contributed by atoms with Crippen LogP contribution in [-0.4, -0.2) is 37.5 Å². The minimum Gasteiger partial charge on any atom is -0.493 e. The van der Waals surface area contributed by atoms with Gasteiger partial charge in [-0.05, 0) is 59.9 Å². The number of nitrogens with one attached hydrogen (secondary N) is 2. The molecule has 0 saturated carbocycles. The normalized spacial score (nSPS) is 13.4. The maximum absolute atomic E-state index is 12.6. The van der Waals surface area contributed by atoms with E-state index in [0.29, 0.717) is 29.6 Å². The maximum Gasteiger partial charge on any atom is 0.262 e. The summed E-state index contributed by atoms with van der Waals surface area (Å²) in [6.45, 7) is 8.66. The average molecular weight is 440 g/mol. The van der Waals surface area contributed by atoms with Crippen LogP contribution in [0.25, 0.3) is 0 Å². The van der Waals surface area contributed by atoms with Crippen molar-refractivity contribution in [1.82, 2.24) is 10.7 Å². The van der Waals surface area contributed by atoms with E-state index >= 15 is 0 Å². The van der Waals surface area contributed by atoms with Gasteiger partial charge >= 0.3 is 0 Å². The zero-order chi connectivity index (χ0) is 23.1. The van der Waals surface area contributed by atoms with E-state index in [9.17, 15) is 9.59 Å². The van der Waals surface area contributed by atoms with Crippen LogP contribution in [-0.2, 0) is 4.79 Å². The largest absolute Gasteiger partial charge is 0.493 e. The molecule has 32 heavy (non-hydrogen) atoms. The lowest BCUT2D eigenvalue weighted by molar-refractivity contribution is -0.123. The van der Waals surface area contributed by atoms with Crippen molar-refractivity contribution in [2.45, 2.75) is 33.7 Å². The van der Waals surface area contributed by atoms with Gasteiger partial charge in [-0.2, -0.15) is 5.10 Å². The predicted molar refractivity (Wildman–Crippen MR) is 121 cm³/mol. The first-order valence-corrected chi connectivity index (χ1v) is 10.6. The van der Waals surface area contributed by atoms with Crippen LogP contribution in [0.15, 0.2) is 47.6 Å². The summed E-state index contributed by atoms with van der Waals surface area (Å²) >= 11 is 0. The van der Waals surface area contributed by atoms with Crippen molar-refractivity contribution in [2.75, 3.05) is 13.4 Å². The second-order valence-corrected chi connectivity index (χ2v) is 8.27. The topological polar surface area (TPSA) is 98.2 Å². The summed E-state index contributed by atoms with van der Waals surface area (Å²) in [6, 6.07) is 11.6. The first-order chi connectivity index (χ1) is 15.3. The Kier molecular flexibility index (Phi) is 7.70. The zero-order valence-corrected chi connectivity index (χ0v) is 18.8. The van der Waals surface area contributed by atoms with E-state index in [2.05, 4.69) is 29.7 Å². The quantitative estimate of drug-likeness (QED) is 0.461. The minimum atomic E-state index is -0.753. The molecule has 2 N–H and O–H groups in total. The van der Waals surface area contributed by atoms with Crippen molar-refractivity contribution in [1.29, 1.82) is 0 Å². The van der Waals surface area contributed by atoms with Crippen molar-refractivity contribution in [3.63, 3.8) is 0 Å². The summed E-state index contributed by atoms with van der Waals surface area (Å²) in [6.07, 6.45) is 1.54. The number of hydrogen-bond acceptors (Lipinski definition) is 6. The summed E-state index contributed by atoms with van der Waals surface area (Å²) in [5.41, 5.74) is 3.70. The first kappa shape index (κ1) is 23.1. The number of benzene rings is 2. The molecular formula is C24H29N3O5. The van der Waals surface area contributed by atoms with Crippen molar-refractivity contribution < 1.29 is 23.8 Å². The molecule has 8 heteroatoms. The molecule has 0 fully saturated rings. The Hall–Kier alpha value is -3.55. The van der Waals surface area contributed by atoms with Crippen LogP contribution in [0.4, 0.5) is 0 Å². The van der Waals surface area contributed by atoms with E-state index in [1.165, 1.54) is 0 Å². The molecule has 0 spiro atoms. The highest BCUT2D eigenvalue weighted by atomic mass is 16.7. The fourth-order valence-corrected chi connectivity index (χ4v) is 2.95. The number of carbonyl (C=O) groups is 2. The number of ether oxygens (including phenoxy) is 3. The lowest BCUT2D eigenvalue weighted by Crippen LogP contribution is -2.48. The molecule has 1 aliphatic rings. The van der Waals surface area contributed by atoms with Gasteiger partial charge in [0.1, 0.15) is 11.8 Å². The number of rotatable bonds is 9. The van der Waals surface area contributed by atoms with Crippen LogP contribution in [0.1, 0.15) is 43.6 Å². The van der Waals surface area contributed by atoms with Gasteiger partial charge in [-0.3, -0.25) is 9.59 Å². The van der Waals surface area contributed by atoms with Gasteiger partial charge in [0.2, 0.25) is 6.79 Å². The number of nitrogens with zero attached hydrogens (tertiary/aromatic N) is 1. The van der Waals surface area contributed by atoms with E-state index in [1.807, 2.05) is 38.1 Å². The fourth-order valence-electron chi connectivity index (χ4n) is 2.95. The Morgan fingerprint density at radius 1 is 1.06 bits per heavy atom. The van der Waals surface area contributed by atoms with Gasteiger partial charge in [0.05, 0.1) is 12.8 Å². The number of hydrogen-bond donors (Lipinski definition) is 2. The molecular weight excluding hydrogens is 410 g/mol. The highest BCUT2D eigenvalue weighted by Gasteiger charge is 2.25. The monoisotopic (exact) mass is 439 g/mol. The van der Waals surface area contributed by atoms with Crippen LogP contribution in [0.3, 0.4) is 0 Å². The molecule has 0 aliphatic carbocycles. The summed E-state index contributed by atoms with van der Waals surface area (Å²) < 4.78 is 16.2. The van der Waals surface area contributed by atoms with Crippen LogP contribution in [0.5, 0.6) is 17.2 Å². The standard InChI is InChI=1S/C24H29N3O5/c1-15(2)13-30-19-8-5-17(6-9-19)12-25-27-24(29)22(16(3)4)26-23(28)18-7-10-20-21(11-18)32-14-31-20/h5-12,15-16,22H,13-14H2,1-4H3,(H,26,28)(H,27,29)/b25-12+. The Morgan fingerprint density at radius 2 is 1.78 bits per heavy atom. The third-order valence-corrected chi connectivity index (χ3v) is 4.72. The molecule has 2 aromatic rings. The molecule has 0 saturated heterocycles.